The van der Waals surface area contributed by atoms with Crippen molar-refractivity contribution in [2.45, 2.75) is 6.10 Å². The molecule has 4 rings (SSSR count). The van der Waals surface area contributed by atoms with Crippen molar-refractivity contribution in [3.63, 3.8) is 0 Å². The van der Waals surface area contributed by atoms with Crippen LogP contribution in [-0.2, 0) is 9.53 Å². The summed E-state index contributed by atoms with van der Waals surface area (Å²) in [6, 6.07) is 12.0. The molecule has 0 saturated carbocycles. The van der Waals surface area contributed by atoms with E-state index in [1.807, 2.05) is 30.3 Å². The molecule has 1 saturated heterocycles. The summed E-state index contributed by atoms with van der Waals surface area (Å²) >= 11 is 0. The van der Waals surface area contributed by atoms with E-state index in [0.29, 0.717) is 32.1 Å². The highest BCUT2D eigenvalue weighted by Crippen LogP contribution is 2.38. The second-order valence-electron chi connectivity index (χ2n) is 6.60. The summed E-state index contributed by atoms with van der Waals surface area (Å²) in [6.07, 6.45) is -0.804. The third-order valence-electron chi connectivity index (χ3n) is 4.85. The minimum Gasteiger partial charge on any atom is -0.469 e. The van der Waals surface area contributed by atoms with Gasteiger partial charge in [0.2, 0.25) is 6.10 Å². The normalized spacial score (nSPS) is 19.8. The van der Waals surface area contributed by atoms with Crippen LogP contribution in [0.3, 0.4) is 0 Å². The second-order valence-corrected chi connectivity index (χ2v) is 6.60. The van der Waals surface area contributed by atoms with Crippen LogP contribution in [0.4, 0.5) is 11.6 Å². The van der Waals surface area contributed by atoms with Gasteiger partial charge in [0.15, 0.2) is 5.75 Å². The van der Waals surface area contributed by atoms with Crippen LogP contribution >= 0.6 is 0 Å². The Labute approximate surface area is 161 Å². The van der Waals surface area contributed by atoms with Gasteiger partial charge in [-0.25, -0.2) is 0 Å². The van der Waals surface area contributed by atoms with E-state index >= 15 is 0 Å². The van der Waals surface area contributed by atoms with Crippen molar-refractivity contribution >= 4 is 17.5 Å². The van der Waals surface area contributed by atoms with Crippen molar-refractivity contribution in [3.8, 4) is 5.75 Å². The summed E-state index contributed by atoms with van der Waals surface area (Å²) in [6.45, 7) is 3.88. The van der Waals surface area contributed by atoms with E-state index in [9.17, 15) is 14.9 Å². The lowest BCUT2D eigenvalue weighted by atomic mass is 10.1. The number of hydrogen-bond donors (Lipinski definition) is 0. The maximum atomic E-state index is 13.2. The minimum atomic E-state index is -0.804. The monoisotopic (exact) mass is 384 g/mol. The highest BCUT2D eigenvalue weighted by Gasteiger charge is 2.39. The fourth-order valence-electron chi connectivity index (χ4n) is 3.36. The molecule has 1 fully saturated rings. The molecule has 2 aromatic rings. The fraction of sp³-hybridized carbons (Fsp3) is 0.368. The van der Waals surface area contributed by atoms with Gasteiger partial charge in [-0.2, -0.15) is 0 Å². The number of morpholine rings is 1. The molecule has 1 amide bonds. The van der Waals surface area contributed by atoms with Crippen LogP contribution in [0.15, 0.2) is 42.5 Å². The van der Waals surface area contributed by atoms with Crippen LogP contribution in [0.1, 0.15) is 11.7 Å². The zero-order valence-corrected chi connectivity index (χ0v) is 15.2. The van der Waals surface area contributed by atoms with Crippen LogP contribution in [0.5, 0.6) is 5.75 Å². The lowest BCUT2D eigenvalue weighted by Gasteiger charge is -2.33. The van der Waals surface area contributed by atoms with Crippen LogP contribution in [0, 0.1) is 10.1 Å². The van der Waals surface area contributed by atoms with Gasteiger partial charge in [-0.3, -0.25) is 14.6 Å². The first kappa shape index (κ1) is 18.3. The molecule has 1 unspecified atom stereocenters. The predicted molar refractivity (Wildman–Crippen MR) is 100 cm³/mol. The zero-order chi connectivity index (χ0) is 19.5. The average Bonchev–Trinajstić information content (AvgIpc) is 2.73. The number of pyridine rings is 1. The van der Waals surface area contributed by atoms with Gasteiger partial charge in [0.05, 0.1) is 13.2 Å². The lowest BCUT2D eigenvalue weighted by Crippen LogP contribution is -2.47. The van der Waals surface area contributed by atoms with Crippen molar-refractivity contribution in [1.29, 1.82) is 0 Å². The number of amides is 1. The van der Waals surface area contributed by atoms with E-state index in [1.54, 1.807) is 0 Å². The van der Waals surface area contributed by atoms with Crippen molar-refractivity contribution in [1.82, 2.24) is 9.88 Å². The van der Waals surface area contributed by atoms with Crippen molar-refractivity contribution in [2.24, 2.45) is 0 Å². The predicted octanol–water partition coefficient (Wildman–Crippen LogP) is 1.79. The van der Waals surface area contributed by atoms with Gasteiger partial charge in [-0.1, -0.05) is 30.3 Å². The van der Waals surface area contributed by atoms with Crippen LogP contribution in [0.25, 0.3) is 0 Å². The molecule has 1 aromatic carbocycles. The number of fused-ring (bicyclic) bond motifs is 1. The molecule has 2 aliphatic heterocycles. The lowest BCUT2D eigenvalue weighted by molar-refractivity contribution is -0.389. The van der Waals surface area contributed by atoms with Gasteiger partial charge in [0.1, 0.15) is 0 Å². The molecule has 0 N–H and O–H groups in total. The highest BCUT2D eigenvalue weighted by molar-refractivity contribution is 5.99. The summed E-state index contributed by atoms with van der Waals surface area (Å²) in [5.41, 5.74) is 0.730. The van der Waals surface area contributed by atoms with Crippen LogP contribution in [0.2, 0.25) is 0 Å². The second kappa shape index (κ2) is 7.91. The number of nitro groups is 1. The van der Waals surface area contributed by atoms with Crippen LogP contribution in [-0.4, -0.2) is 60.1 Å². The largest absolute Gasteiger partial charge is 0.469 e. The molecule has 0 radical (unpaired) electrons. The van der Waals surface area contributed by atoms with Crippen LogP contribution < -0.4 is 9.64 Å². The molecule has 0 spiro atoms. The molecule has 0 bridgehead atoms. The minimum absolute atomic E-state index is 0.194. The number of benzene rings is 1. The number of nitrogens with zero attached hydrogens (tertiary/aromatic N) is 4. The molecule has 1 atom stereocenters. The summed E-state index contributed by atoms with van der Waals surface area (Å²) in [5.74, 6) is -0.0367. The number of anilines is 1. The van der Waals surface area contributed by atoms with Gasteiger partial charge in [0, 0.05) is 37.8 Å². The Morgan fingerprint density at radius 2 is 1.86 bits per heavy atom. The molecule has 0 aliphatic carbocycles. The Hall–Kier alpha value is -3.04. The first-order valence-corrected chi connectivity index (χ1v) is 9.12. The molecule has 2 aliphatic rings. The summed E-state index contributed by atoms with van der Waals surface area (Å²) in [5, 5.41) is 11.1. The molecule has 9 nitrogen and oxygen atoms in total. The molecule has 146 valence electrons. The van der Waals surface area contributed by atoms with E-state index in [1.165, 1.54) is 17.0 Å². The fourth-order valence-corrected chi connectivity index (χ4v) is 3.36. The molecule has 28 heavy (non-hydrogen) atoms. The third-order valence-corrected chi connectivity index (χ3v) is 4.85. The number of carbonyl (C=O) groups excluding carboxylic acids is 1. The molecule has 3 heterocycles. The van der Waals surface area contributed by atoms with E-state index in [4.69, 9.17) is 9.47 Å². The Morgan fingerprint density at radius 3 is 2.57 bits per heavy atom. The van der Waals surface area contributed by atoms with E-state index in [2.05, 4.69) is 9.88 Å². The van der Waals surface area contributed by atoms with Gasteiger partial charge in [0.25, 0.3) is 11.7 Å². The van der Waals surface area contributed by atoms with E-state index in [-0.39, 0.29) is 17.5 Å². The quantitative estimate of drug-likeness (QED) is 0.572. The number of ether oxygens (including phenoxy) is 2. The van der Waals surface area contributed by atoms with E-state index in [0.717, 1.165) is 18.7 Å². The van der Waals surface area contributed by atoms with Crippen molar-refractivity contribution < 1.29 is 19.2 Å². The van der Waals surface area contributed by atoms with Gasteiger partial charge < -0.3 is 19.6 Å². The van der Waals surface area contributed by atoms with E-state index < -0.39 is 11.0 Å². The Morgan fingerprint density at radius 1 is 1.11 bits per heavy atom. The molecular formula is C19H20N4O5. The Kier molecular flexibility index (Phi) is 5.18. The summed E-state index contributed by atoms with van der Waals surface area (Å²) in [4.78, 5) is 31.5. The van der Waals surface area contributed by atoms with Crippen molar-refractivity contribution in [2.75, 3.05) is 44.3 Å². The zero-order valence-electron chi connectivity index (χ0n) is 15.2. The first-order valence-electron chi connectivity index (χ1n) is 9.12. The maximum absolute atomic E-state index is 13.2. The molecule has 1 aromatic heterocycles. The number of hydrogen-bond acceptors (Lipinski definition) is 7. The van der Waals surface area contributed by atoms with Crippen molar-refractivity contribution in [3.05, 3.63) is 58.1 Å². The smallest absolute Gasteiger partial charge is 0.366 e. The van der Waals surface area contributed by atoms with Gasteiger partial charge >= 0.3 is 5.82 Å². The summed E-state index contributed by atoms with van der Waals surface area (Å²) < 4.78 is 11.2. The third kappa shape index (κ3) is 3.67. The van der Waals surface area contributed by atoms with Gasteiger partial charge in [-0.15, -0.1) is 0 Å². The number of rotatable bonds is 5. The number of carbonyl (C=O) groups is 1. The highest BCUT2D eigenvalue weighted by atomic mass is 16.6. The maximum Gasteiger partial charge on any atom is 0.366 e. The average molecular weight is 384 g/mol. The molecular weight excluding hydrogens is 364 g/mol. The standard InChI is InChI=1S/C19H20N4O5/c24-19-17(14-4-2-1-3-5-14)28-15-6-7-16(23(25)26)20-18(15)22(19)9-8-21-10-12-27-13-11-21/h1-7,17H,8-13H2. The molecule has 9 heteroatoms. The topological polar surface area (TPSA) is 98.0 Å². The summed E-state index contributed by atoms with van der Waals surface area (Å²) in [7, 11) is 0. The Balaban J connectivity index is 1.65. The number of aromatic nitrogens is 1. The Bertz CT molecular complexity index is 870. The SMILES string of the molecule is O=C1C(c2ccccc2)Oc2ccc([N+](=O)[O-])nc2N1CCN1CCOCC1. The van der Waals surface area contributed by atoms with Gasteiger partial charge in [-0.05, 0) is 16.0 Å². The first-order chi connectivity index (χ1) is 13.6.